The van der Waals surface area contributed by atoms with Crippen LogP contribution in [0, 0.1) is 6.92 Å². The lowest BCUT2D eigenvalue weighted by atomic mass is 10.0. The van der Waals surface area contributed by atoms with Gasteiger partial charge < -0.3 is 10.1 Å². The number of aryl methyl sites for hydroxylation is 1. The maximum Gasteiger partial charge on any atom is 0.262 e. The van der Waals surface area contributed by atoms with Gasteiger partial charge >= 0.3 is 0 Å². The van der Waals surface area contributed by atoms with Crippen molar-refractivity contribution in [2.24, 2.45) is 0 Å². The Balaban J connectivity index is 2.16. The van der Waals surface area contributed by atoms with Crippen molar-refractivity contribution in [2.75, 3.05) is 17.7 Å². The van der Waals surface area contributed by atoms with E-state index in [0.29, 0.717) is 10.8 Å². The first-order chi connectivity index (χ1) is 12.7. The summed E-state index contributed by atoms with van der Waals surface area (Å²) < 4.78 is 30.1. The minimum absolute atomic E-state index is 0.0435. The Labute approximate surface area is 165 Å². The Morgan fingerprint density at radius 3 is 2.52 bits per heavy atom. The molecule has 27 heavy (non-hydrogen) atoms. The van der Waals surface area contributed by atoms with E-state index < -0.39 is 15.7 Å². The number of hydrogen-bond donors (Lipinski definition) is 1. The van der Waals surface area contributed by atoms with Gasteiger partial charge in [0.15, 0.2) is 16.4 Å². The van der Waals surface area contributed by atoms with E-state index in [4.69, 9.17) is 16.3 Å². The molecule has 1 N–H and O–H groups in total. The van der Waals surface area contributed by atoms with E-state index in [0.717, 1.165) is 11.1 Å². The van der Waals surface area contributed by atoms with Gasteiger partial charge in [0.05, 0.1) is 16.3 Å². The van der Waals surface area contributed by atoms with Gasteiger partial charge in [-0.2, -0.15) is 0 Å². The van der Waals surface area contributed by atoms with Crippen LogP contribution in [0.4, 0.5) is 5.69 Å². The highest BCUT2D eigenvalue weighted by molar-refractivity contribution is 7.91. The molecule has 0 atom stereocenters. The normalized spacial score (nSPS) is 11.5. The molecule has 0 radical (unpaired) electrons. The minimum Gasteiger partial charge on any atom is -0.483 e. The minimum atomic E-state index is -3.44. The monoisotopic (exact) mass is 409 g/mol. The average Bonchev–Trinajstić information content (AvgIpc) is 2.62. The zero-order valence-corrected chi connectivity index (χ0v) is 17.4. The summed E-state index contributed by atoms with van der Waals surface area (Å²) >= 11 is 6.18. The number of benzene rings is 2. The molecule has 1 amide bonds. The lowest BCUT2D eigenvalue weighted by Gasteiger charge is -2.16. The molecule has 0 aliphatic rings. The molecule has 0 heterocycles. The number of carbonyl (C=O) groups is 1. The van der Waals surface area contributed by atoms with Crippen LogP contribution in [0.5, 0.6) is 5.75 Å². The lowest BCUT2D eigenvalue weighted by molar-refractivity contribution is -0.118. The lowest BCUT2D eigenvalue weighted by Crippen LogP contribution is -2.22. The Kier molecular flexibility index (Phi) is 6.89. The average molecular weight is 410 g/mol. The maximum atomic E-state index is 12.3. The van der Waals surface area contributed by atoms with Crippen molar-refractivity contribution in [2.45, 2.75) is 38.5 Å². The standard InChI is InChI=1S/C20H24ClNO4S/c1-5-27(24,25)19-9-7-6-8-17(19)22-20(23)12-26-18-10-14(4)16(21)11-15(18)13(2)3/h6-11,13H,5,12H2,1-4H3,(H,22,23). The molecule has 7 heteroatoms. The Morgan fingerprint density at radius 2 is 1.89 bits per heavy atom. The quantitative estimate of drug-likeness (QED) is 0.726. The summed E-state index contributed by atoms with van der Waals surface area (Å²) in [6, 6.07) is 9.99. The number of ether oxygens (including phenoxy) is 1. The van der Waals surface area contributed by atoms with Gasteiger partial charge in [0.2, 0.25) is 0 Å². The van der Waals surface area contributed by atoms with Crippen LogP contribution in [0.25, 0.3) is 0 Å². The molecular weight excluding hydrogens is 386 g/mol. The van der Waals surface area contributed by atoms with Crippen molar-refractivity contribution in [3.8, 4) is 5.75 Å². The molecule has 0 aliphatic carbocycles. The maximum absolute atomic E-state index is 12.3. The number of nitrogens with one attached hydrogen (secondary N) is 1. The van der Waals surface area contributed by atoms with Gasteiger partial charge in [-0.25, -0.2) is 8.42 Å². The third-order valence-electron chi connectivity index (χ3n) is 4.15. The Morgan fingerprint density at radius 1 is 1.22 bits per heavy atom. The van der Waals surface area contributed by atoms with Gasteiger partial charge in [0, 0.05) is 5.02 Å². The Hall–Kier alpha value is -2.05. The number of rotatable bonds is 7. The van der Waals surface area contributed by atoms with E-state index in [9.17, 15) is 13.2 Å². The number of sulfone groups is 1. The molecule has 2 aromatic carbocycles. The molecule has 0 aliphatic heterocycles. The van der Waals surface area contributed by atoms with E-state index in [1.165, 1.54) is 6.07 Å². The molecule has 0 unspecified atom stereocenters. The first-order valence-corrected chi connectivity index (χ1v) is 10.7. The second kappa shape index (κ2) is 8.76. The van der Waals surface area contributed by atoms with Crippen LogP contribution in [0.2, 0.25) is 5.02 Å². The van der Waals surface area contributed by atoms with E-state index in [1.807, 2.05) is 26.8 Å². The first-order valence-electron chi connectivity index (χ1n) is 8.70. The first kappa shape index (κ1) is 21.3. The molecule has 2 rings (SSSR count). The third kappa shape index (κ3) is 5.23. The van der Waals surface area contributed by atoms with Crippen molar-refractivity contribution in [3.05, 3.63) is 52.5 Å². The summed E-state index contributed by atoms with van der Waals surface area (Å²) in [5.41, 5.74) is 2.02. The molecule has 0 aromatic heterocycles. The number of carbonyl (C=O) groups excluding carboxylic acids is 1. The summed E-state index contributed by atoms with van der Waals surface area (Å²) in [4.78, 5) is 12.4. The predicted molar refractivity (Wildman–Crippen MR) is 109 cm³/mol. The predicted octanol–water partition coefficient (Wildman–Crippen LogP) is 4.58. The van der Waals surface area contributed by atoms with Crippen LogP contribution >= 0.6 is 11.6 Å². The van der Waals surface area contributed by atoms with Gasteiger partial charge in [-0.05, 0) is 48.2 Å². The number of amides is 1. The zero-order valence-electron chi connectivity index (χ0n) is 15.9. The van der Waals surface area contributed by atoms with Crippen LogP contribution in [-0.2, 0) is 14.6 Å². The summed E-state index contributed by atoms with van der Waals surface area (Å²) in [7, 11) is -3.44. The van der Waals surface area contributed by atoms with Crippen molar-refractivity contribution in [1.82, 2.24) is 0 Å². The van der Waals surface area contributed by atoms with Crippen LogP contribution < -0.4 is 10.1 Å². The van der Waals surface area contributed by atoms with Gasteiger partial charge in [-0.1, -0.05) is 44.5 Å². The molecule has 0 saturated heterocycles. The molecule has 146 valence electrons. The van der Waals surface area contributed by atoms with Gasteiger partial charge in [-0.3, -0.25) is 4.79 Å². The molecule has 2 aromatic rings. The van der Waals surface area contributed by atoms with E-state index in [1.54, 1.807) is 31.2 Å². The fraction of sp³-hybridized carbons (Fsp3) is 0.350. The van der Waals surface area contributed by atoms with Crippen LogP contribution in [0.15, 0.2) is 41.3 Å². The number of halogens is 1. The second-order valence-corrected chi connectivity index (χ2v) is 9.18. The third-order valence-corrected chi connectivity index (χ3v) is 6.34. The van der Waals surface area contributed by atoms with E-state index >= 15 is 0 Å². The van der Waals surface area contributed by atoms with Gasteiger partial charge in [-0.15, -0.1) is 0 Å². The van der Waals surface area contributed by atoms with Crippen LogP contribution in [0.3, 0.4) is 0 Å². The van der Waals surface area contributed by atoms with Crippen molar-refractivity contribution in [3.63, 3.8) is 0 Å². The highest BCUT2D eigenvalue weighted by Crippen LogP contribution is 2.32. The smallest absolute Gasteiger partial charge is 0.262 e. The number of anilines is 1. The SMILES string of the molecule is CCS(=O)(=O)c1ccccc1NC(=O)COc1cc(C)c(Cl)cc1C(C)C. The summed E-state index contributed by atoms with van der Waals surface area (Å²) in [5.74, 6) is 0.294. The Bertz CT molecular complexity index is 939. The highest BCUT2D eigenvalue weighted by atomic mass is 35.5. The summed E-state index contributed by atoms with van der Waals surface area (Å²) in [6.07, 6.45) is 0. The summed E-state index contributed by atoms with van der Waals surface area (Å²) in [5, 5.41) is 3.27. The van der Waals surface area contributed by atoms with E-state index in [-0.39, 0.29) is 28.9 Å². The second-order valence-electron chi connectivity index (χ2n) is 6.53. The zero-order chi connectivity index (χ0) is 20.2. The summed E-state index contributed by atoms with van der Waals surface area (Å²) in [6.45, 7) is 7.22. The van der Waals surface area contributed by atoms with Crippen molar-refractivity contribution < 1.29 is 17.9 Å². The molecule has 5 nitrogen and oxygen atoms in total. The highest BCUT2D eigenvalue weighted by Gasteiger charge is 2.18. The van der Waals surface area contributed by atoms with E-state index in [2.05, 4.69) is 5.32 Å². The number of hydrogen-bond acceptors (Lipinski definition) is 4. The number of para-hydroxylation sites is 1. The molecule has 0 bridgehead atoms. The van der Waals surface area contributed by atoms with Gasteiger partial charge in [0.1, 0.15) is 5.75 Å². The fourth-order valence-corrected chi connectivity index (χ4v) is 3.80. The van der Waals surface area contributed by atoms with Crippen LogP contribution in [0.1, 0.15) is 37.8 Å². The molecule has 0 spiro atoms. The molecule has 0 fully saturated rings. The topological polar surface area (TPSA) is 72.5 Å². The molecular formula is C20H24ClNO4S. The van der Waals surface area contributed by atoms with Gasteiger partial charge in [0.25, 0.3) is 5.91 Å². The van der Waals surface area contributed by atoms with Crippen molar-refractivity contribution in [1.29, 1.82) is 0 Å². The largest absolute Gasteiger partial charge is 0.483 e. The van der Waals surface area contributed by atoms with Crippen LogP contribution in [-0.4, -0.2) is 26.7 Å². The molecule has 0 saturated carbocycles. The fourth-order valence-electron chi connectivity index (χ4n) is 2.57. The van der Waals surface area contributed by atoms with Crippen molar-refractivity contribution >= 4 is 33.0 Å².